The molecule has 0 aliphatic heterocycles. The molecule has 0 heterocycles. The van der Waals surface area contributed by atoms with Gasteiger partial charge in [-0.1, -0.05) is 104 Å². The molecule has 0 saturated carbocycles. The Balaban J connectivity index is 3.24. The van der Waals surface area contributed by atoms with Gasteiger partial charge < -0.3 is 20.4 Å². The minimum atomic E-state index is -1.69. The SMILES string of the molecule is C/C(O)=C1\C(O)=CC(=O)C(/C=C/C(C)C)(/C=C/C(C)C)C1C(=O)C1/C(=C(/C)O)C(O)=CC(=O)C1(/C=C/C(C)C)/C=C/C(C)C. The number of allylic oxidation sites excluding steroid dienone is 14. The smallest absolute Gasteiger partial charge is 0.174 e. The van der Waals surface area contributed by atoms with Crippen LogP contribution in [0.4, 0.5) is 0 Å². The monoisotopic (exact) mass is 606 g/mol. The zero-order valence-corrected chi connectivity index (χ0v) is 27.8. The number of ketones is 3. The van der Waals surface area contributed by atoms with E-state index in [1.54, 1.807) is 48.6 Å². The first-order valence-electron chi connectivity index (χ1n) is 15.3. The standard InChI is InChI=1S/C37H50O7/c1-21(2)11-15-36(16-12-22(3)4)29(42)19-27(40)31(25(9)38)33(36)35(44)34-32(26(10)39)28(41)20-30(43)37(34,17-13-23(5)6)18-14-24(7)8/h11-24,33-34,38-41H,1-10H3/b15-11+,16-12+,17-13+,18-14+,31-25-,32-26-. The van der Waals surface area contributed by atoms with E-state index in [2.05, 4.69) is 0 Å². The van der Waals surface area contributed by atoms with Gasteiger partial charge in [0.05, 0.1) is 34.2 Å². The van der Waals surface area contributed by atoms with Gasteiger partial charge in [0, 0.05) is 23.3 Å². The number of carbonyl (C=O) groups is 3. The van der Waals surface area contributed by atoms with E-state index in [1.165, 1.54) is 13.8 Å². The van der Waals surface area contributed by atoms with Gasteiger partial charge in [0.25, 0.3) is 0 Å². The van der Waals surface area contributed by atoms with Crippen molar-refractivity contribution >= 4 is 17.3 Å². The second-order valence-electron chi connectivity index (χ2n) is 13.3. The molecule has 0 spiro atoms. The van der Waals surface area contributed by atoms with Crippen molar-refractivity contribution in [1.82, 2.24) is 0 Å². The Morgan fingerprint density at radius 3 is 1.07 bits per heavy atom. The topological polar surface area (TPSA) is 132 Å². The summed E-state index contributed by atoms with van der Waals surface area (Å²) in [5.74, 6) is -6.91. The lowest BCUT2D eigenvalue weighted by Crippen LogP contribution is -2.52. The van der Waals surface area contributed by atoms with Crippen LogP contribution in [0.15, 0.2) is 94.9 Å². The van der Waals surface area contributed by atoms with Gasteiger partial charge in [-0.3, -0.25) is 14.4 Å². The van der Waals surface area contributed by atoms with Crippen molar-refractivity contribution in [2.24, 2.45) is 46.3 Å². The first kappa shape index (κ1) is 36.3. The lowest BCUT2D eigenvalue weighted by atomic mass is 9.55. The zero-order valence-electron chi connectivity index (χ0n) is 27.8. The molecular weight excluding hydrogens is 556 g/mol. The lowest BCUT2D eigenvalue weighted by molar-refractivity contribution is -0.137. The maximum Gasteiger partial charge on any atom is 0.174 e. The third-order valence-corrected chi connectivity index (χ3v) is 7.85. The van der Waals surface area contributed by atoms with Crippen molar-refractivity contribution < 1.29 is 34.8 Å². The maximum absolute atomic E-state index is 15.4. The number of hydrogen-bond acceptors (Lipinski definition) is 7. The number of rotatable bonds is 10. The van der Waals surface area contributed by atoms with Crippen molar-refractivity contribution in [3.63, 3.8) is 0 Å². The van der Waals surface area contributed by atoms with Crippen LogP contribution in [0.5, 0.6) is 0 Å². The summed E-state index contributed by atoms with van der Waals surface area (Å²) in [6.07, 6.45) is 15.6. The van der Waals surface area contributed by atoms with Crippen LogP contribution in [0.2, 0.25) is 0 Å². The third-order valence-electron chi connectivity index (χ3n) is 7.85. The van der Waals surface area contributed by atoms with E-state index in [9.17, 15) is 30.0 Å². The summed E-state index contributed by atoms with van der Waals surface area (Å²) in [5.41, 5.74) is -3.72. The number of aliphatic hydroxyl groups is 4. The number of carbonyl (C=O) groups excluding carboxylic acids is 3. The number of Topliss-reactive ketones (excluding diaryl/α,β-unsaturated/α-hetero) is 1. The minimum Gasteiger partial charge on any atom is -0.512 e. The minimum absolute atomic E-state index is 0.0227. The average Bonchev–Trinajstić information content (AvgIpc) is 2.89. The van der Waals surface area contributed by atoms with Gasteiger partial charge in [-0.15, -0.1) is 0 Å². The molecule has 7 heteroatoms. The van der Waals surface area contributed by atoms with Gasteiger partial charge >= 0.3 is 0 Å². The first-order valence-corrected chi connectivity index (χ1v) is 15.3. The highest BCUT2D eigenvalue weighted by Gasteiger charge is 2.58. The first-order chi connectivity index (χ1) is 20.3. The predicted molar refractivity (Wildman–Crippen MR) is 175 cm³/mol. The summed E-state index contributed by atoms with van der Waals surface area (Å²) in [7, 11) is 0. The molecule has 0 bridgehead atoms. The molecular formula is C37H50O7. The zero-order chi connectivity index (χ0) is 33.7. The highest BCUT2D eigenvalue weighted by atomic mass is 16.3. The van der Waals surface area contributed by atoms with Crippen LogP contribution >= 0.6 is 0 Å². The summed E-state index contributed by atoms with van der Waals surface area (Å²) in [4.78, 5) is 43.4. The quantitative estimate of drug-likeness (QED) is 0.145. The van der Waals surface area contributed by atoms with E-state index in [0.717, 1.165) is 12.2 Å². The third kappa shape index (κ3) is 7.43. The highest BCUT2D eigenvalue weighted by molar-refractivity contribution is 6.11. The van der Waals surface area contributed by atoms with Gasteiger partial charge in [0.1, 0.15) is 11.5 Å². The lowest BCUT2D eigenvalue weighted by Gasteiger charge is -2.44. The van der Waals surface area contributed by atoms with Gasteiger partial charge in [-0.05, 0) is 37.5 Å². The molecule has 2 aliphatic carbocycles. The van der Waals surface area contributed by atoms with E-state index in [4.69, 9.17) is 0 Å². The normalized spacial score (nSPS) is 25.0. The molecule has 2 unspecified atom stereocenters. The van der Waals surface area contributed by atoms with E-state index < -0.39 is 51.5 Å². The van der Waals surface area contributed by atoms with E-state index >= 15 is 4.79 Å². The van der Waals surface area contributed by atoms with Crippen LogP contribution in [0.25, 0.3) is 0 Å². The van der Waals surface area contributed by atoms with Gasteiger partial charge in [0.2, 0.25) is 0 Å². The fourth-order valence-corrected chi connectivity index (χ4v) is 5.65. The number of hydrogen-bond donors (Lipinski definition) is 4. The highest BCUT2D eigenvalue weighted by Crippen LogP contribution is 2.53. The molecule has 44 heavy (non-hydrogen) atoms. The Bertz CT molecular complexity index is 1240. The van der Waals surface area contributed by atoms with Crippen molar-refractivity contribution in [1.29, 1.82) is 0 Å². The Morgan fingerprint density at radius 1 is 0.614 bits per heavy atom. The van der Waals surface area contributed by atoms with Crippen molar-refractivity contribution in [2.75, 3.05) is 0 Å². The summed E-state index contributed by atoms with van der Waals surface area (Å²) in [6, 6.07) is 0. The molecule has 0 amide bonds. The Hall–Kier alpha value is -3.87. The molecule has 2 rings (SSSR count). The Morgan fingerprint density at radius 2 is 0.864 bits per heavy atom. The summed E-state index contributed by atoms with van der Waals surface area (Å²) < 4.78 is 0. The molecule has 4 N–H and O–H groups in total. The molecule has 0 aromatic rings. The second-order valence-corrected chi connectivity index (χ2v) is 13.3. The second kappa shape index (κ2) is 14.3. The molecule has 2 atom stereocenters. The van der Waals surface area contributed by atoms with Gasteiger partial charge in [-0.25, -0.2) is 0 Å². The Labute approximate surface area is 262 Å². The number of aliphatic hydroxyl groups excluding tert-OH is 4. The van der Waals surface area contributed by atoms with Gasteiger partial charge in [0.15, 0.2) is 17.3 Å². The van der Waals surface area contributed by atoms with Crippen LogP contribution < -0.4 is 0 Å². The van der Waals surface area contributed by atoms with E-state index in [-0.39, 0.29) is 46.3 Å². The van der Waals surface area contributed by atoms with Crippen LogP contribution in [-0.4, -0.2) is 37.8 Å². The molecule has 0 radical (unpaired) electrons. The molecule has 0 saturated heterocycles. The van der Waals surface area contributed by atoms with E-state index in [0.29, 0.717) is 0 Å². The fourth-order valence-electron chi connectivity index (χ4n) is 5.65. The van der Waals surface area contributed by atoms with Crippen LogP contribution in [0.3, 0.4) is 0 Å². The molecule has 7 nitrogen and oxygen atoms in total. The summed E-state index contributed by atoms with van der Waals surface area (Å²) in [5, 5.41) is 44.1. The molecule has 0 fully saturated rings. The van der Waals surface area contributed by atoms with Crippen molar-refractivity contribution in [3.05, 3.63) is 94.9 Å². The Kier molecular flexibility index (Phi) is 11.8. The molecule has 0 aromatic heterocycles. The van der Waals surface area contributed by atoms with Gasteiger partial charge in [-0.2, -0.15) is 0 Å². The molecule has 240 valence electrons. The van der Waals surface area contributed by atoms with Crippen molar-refractivity contribution in [3.8, 4) is 0 Å². The van der Waals surface area contributed by atoms with Crippen LogP contribution in [0, 0.1) is 46.3 Å². The maximum atomic E-state index is 15.4. The average molecular weight is 607 g/mol. The predicted octanol–water partition coefficient (Wildman–Crippen LogP) is 8.32. The molecule has 0 aromatic carbocycles. The van der Waals surface area contributed by atoms with Crippen molar-refractivity contribution in [2.45, 2.75) is 69.2 Å². The largest absolute Gasteiger partial charge is 0.512 e. The summed E-state index contributed by atoms with van der Waals surface area (Å²) in [6.45, 7) is 18.0. The summed E-state index contributed by atoms with van der Waals surface area (Å²) >= 11 is 0. The molecule has 2 aliphatic rings. The van der Waals surface area contributed by atoms with Crippen LogP contribution in [-0.2, 0) is 14.4 Å². The van der Waals surface area contributed by atoms with Crippen LogP contribution in [0.1, 0.15) is 69.2 Å². The fraction of sp³-hybridized carbons (Fsp3) is 0.486. The van der Waals surface area contributed by atoms with E-state index in [1.807, 2.05) is 55.4 Å².